The van der Waals surface area contributed by atoms with E-state index < -0.39 is 5.97 Å². The van der Waals surface area contributed by atoms with Crippen molar-refractivity contribution in [2.45, 2.75) is 0 Å². The minimum absolute atomic E-state index is 0. The van der Waals surface area contributed by atoms with Crippen LogP contribution >= 0.6 is 0 Å². The van der Waals surface area contributed by atoms with Gasteiger partial charge in [0.05, 0.1) is 0 Å². The minimum atomic E-state index is -0.981. The SMILES string of the molecule is C=CC(=O)O.[Cu].[Cu]. The van der Waals surface area contributed by atoms with Crippen LogP contribution in [-0.2, 0) is 38.9 Å². The Balaban J connectivity index is -0.0000000800. The van der Waals surface area contributed by atoms with E-state index in [0.717, 1.165) is 6.08 Å². The maximum atomic E-state index is 9.25. The molecular weight excluding hydrogens is 195 g/mol. The number of carboxylic acid groups (broad SMARTS) is 1. The molecule has 0 aromatic heterocycles. The number of rotatable bonds is 1. The summed E-state index contributed by atoms with van der Waals surface area (Å²) in [6.07, 6.45) is 0.833. The predicted octanol–water partition coefficient (Wildman–Crippen LogP) is 0.252. The van der Waals surface area contributed by atoms with Crippen LogP contribution in [0.25, 0.3) is 0 Å². The van der Waals surface area contributed by atoms with Gasteiger partial charge in [-0.05, 0) is 0 Å². The second-order valence-electron chi connectivity index (χ2n) is 0.542. The van der Waals surface area contributed by atoms with E-state index in [1.807, 2.05) is 0 Å². The van der Waals surface area contributed by atoms with Gasteiger partial charge in [-0.15, -0.1) is 0 Å². The van der Waals surface area contributed by atoms with Crippen molar-refractivity contribution in [3.8, 4) is 0 Å². The zero-order valence-electron chi connectivity index (χ0n) is 3.24. The van der Waals surface area contributed by atoms with E-state index in [0.29, 0.717) is 0 Å². The molecule has 0 rings (SSSR count). The zero-order chi connectivity index (χ0) is 4.28. The molecule has 0 saturated carbocycles. The number of hydrogen-bond acceptors (Lipinski definition) is 1. The summed E-state index contributed by atoms with van der Waals surface area (Å²) in [4.78, 5) is 9.25. The maximum absolute atomic E-state index is 9.25. The molecule has 50 valence electrons. The molecule has 0 unspecified atom stereocenters. The van der Waals surface area contributed by atoms with Gasteiger partial charge in [-0.25, -0.2) is 4.79 Å². The molecule has 0 spiro atoms. The van der Waals surface area contributed by atoms with Crippen LogP contribution in [0.15, 0.2) is 12.7 Å². The van der Waals surface area contributed by atoms with Crippen LogP contribution in [0.1, 0.15) is 0 Å². The number of hydrogen-bond donors (Lipinski definition) is 1. The van der Waals surface area contributed by atoms with Gasteiger partial charge >= 0.3 is 5.97 Å². The Bertz CT molecular complexity index is 62.0. The molecule has 0 bridgehead atoms. The van der Waals surface area contributed by atoms with Gasteiger partial charge in [0.25, 0.3) is 0 Å². The van der Waals surface area contributed by atoms with E-state index in [-0.39, 0.29) is 34.1 Å². The molecule has 0 aliphatic carbocycles. The third kappa shape index (κ3) is 22.3. The smallest absolute Gasteiger partial charge is 0.327 e. The fraction of sp³-hybridized carbons (Fsp3) is 0. The Labute approximate surface area is 62.9 Å². The van der Waals surface area contributed by atoms with E-state index in [4.69, 9.17) is 5.11 Å². The summed E-state index contributed by atoms with van der Waals surface area (Å²) in [6.45, 7) is 2.96. The van der Waals surface area contributed by atoms with Gasteiger partial charge in [0.2, 0.25) is 0 Å². The molecule has 2 radical (unpaired) electrons. The van der Waals surface area contributed by atoms with Crippen LogP contribution in [-0.4, -0.2) is 11.1 Å². The average Bonchev–Trinajstić information content (AvgIpc) is 1.38. The molecule has 4 heteroatoms. The summed E-state index contributed by atoms with van der Waals surface area (Å²) < 4.78 is 0. The van der Waals surface area contributed by atoms with Gasteiger partial charge in [0.1, 0.15) is 0 Å². The molecule has 2 nitrogen and oxygen atoms in total. The van der Waals surface area contributed by atoms with E-state index >= 15 is 0 Å². The molecular formula is C3H4Cu2O2. The molecule has 0 aromatic carbocycles. The Kier molecular flexibility index (Phi) is 21.4. The van der Waals surface area contributed by atoms with Crippen LogP contribution in [0.3, 0.4) is 0 Å². The third-order valence-electron chi connectivity index (χ3n) is 0.175. The van der Waals surface area contributed by atoms with Crippen LogP contribution < -0.4 is 0 Å². The quantitative estimate of drug-likeness (QED) is 0.485. The summed E-state index contributed by atoms with van der Waals surface area (Å²) in [6, 6.07) is 0. The predicted molar refractivity (Wildman–Crippen MR) is 17.8 cm³/mol. The second kappa shape index (κ2) is 9.54. The van der Waals surface area contributed by atoms with Gasteiger partial charge in [-0.3, -0.25) is 0 Å². The van der Waals surface area contributed by atoms with Crippen molar-refractivity contribution >= 4 is 5.97 Å². The molecule has 7 heavy (non-hydrogen) atoms. The van der Waals surface area contributed by atoms with Crippen molar-refractivity contribution in [1.29, 1.82) is 0 Å². The molecule has 0 aliphatic rings. The molecule has 0 amide bonds. The molecule has 0 heterocycles. The van der Waals surface area contributed by atoms with Crippen molar-refractivity contribution in [1.82, 2.24) is 0 Å². The van der Waals surface area contributed by atoms with Gasteiger partial charge in [0.15, 0.2) is 0 Å². The van der Waals surface area contributed by atoms with Crippen LogP contribution in [0.2, 0.25) is 0 Å². The maximum Gasteiger partial charge on any atom is 0.327 e. The van der Waals surface area contributed by atoms with Gasteiger partial charge in [-0.2, -0.15) is 0 Å². The Morgan fingerprint density at radius 1 is 1.57 bits per heavy atom. The fourth-order valence-corrected chi connectivity index (χ4v) is 0. The van der Waals surface area contributed by atoms with E-state index in [1.54, 1.807) is 0 Å². The molecule has 0 saturated heterocycles. The number of carbonyl (C=O) groups is 1. The normalized spacial score (nSPS) is 4.57. The number of aliphatic carboxylic acids is 1. The molecule has 1 N–H and O–H groups in total. The van der Waals surface area contributed by atoms with Crippen molar-refractivity contribution < 1.29 is 44.0 Å². The van der Waals surface area contributed by atoms with Gasteiger partial charge in [0, 0.05) is 40.2 Å². The van der Waals surface area contributed by atoms with Crippen LogP contribution in [0.5, 0.6) is 0 Å². The standard InChI is InChI=1S/C3H4O2.2Cu/c1-2-3(4)5;;/h2H,1H2,(H,4,5);;. The first kappa shape index (κ1) is 15.7. The van der Waals surface area contributed by atoms with E-state index in [1.165, 1.54) is 0 Å². The van der Waals surface area contributed by atoms with E-state index in [2.05, 4.69) is 6.58 Å². The Morgan fingerprint density at radius 2 is 1.71 bits per heavy atom. The van der Waals surface area contributed by atoms with Gasteiger partial charge in [-0.1, -0.05) is 6.58 Å². The van der Waals surface area contributed by atoms with Crippen LogP contribution in [0, 0.1) is 0 Å². The minimum Gasteiger partial charge on any atom is -0.478 e. The summed E-state index contributed by atoms with van der Waals surface area (Å²) in [5, 5.41) is 7.60. The van der Waals surface area contributed by atoms with Gasteiger partial charge < -0.3 is 5.11 Å². The van der Waals surface area contributed by atoms with Crippen molar-refractivity contribution in [2.24, 2.45) is 0 Å². The average molecular weight is 199 g/mol. The topological polar surface area (TPSA) is 37.3 Å². The summed E-state index contributed by atoms with van der Waals surface area (Å²) in [5.74, 6) is -0.981. The largest absolute Gasteiger partial charge is 0.478 e. The molecule has 0 atom stereocenters. The Morgan fingerprint density at radius 3 is 1.71 bits per heavy atom. The van der Waals surface area contributed by atoms with Crippen molar-refractivity contribution in [3.05, 3.63) is 12.7 Å². The van der Waals surface area contributed by atoms with Crippen molar-refractivity contribution in [2.75, 3.05) is 0 Å². The zero-order valence-corrected chi connectivity index (χ0v) is 5.13. The molecule has 0 aliphatic heterocycles. The molecule has 0 aromatic rings. The first-order valence-electron chi connectivity index (χ1n) is 1.12. The summed E-state index contributed by atoms with van der Waals surface area (Å²) in [5.41, 5.74) is 0. The van der Waals surface area contributed by atoms with Crippen molar-refractivity contribution in [3.63, 3.8) is 0 Å². The summed E-state index contributed by atoms with van der Waals surface area (Å²) in [7, 11) is 0. The Hall–Kier alpha value is 0.249. The fourth-order valence-electron chi connectivity index (χ4n) is 0. The first-order valence-corrected chi connectivity index (χ1v) is 1.12. The monoisotopic (exact) mass is 198 g/mol. The second-order valence-corrected chi connectivity index (χ2v) is 0.542. The number of carboxylic acids is 1. The first-order chi connectivity index (χ1) is 2.27. The molecule has 0 fully saturated rings. The van der Waals surface area contributed by atoms with E-state index in [9.17, 15) is 4.79 Å². The van der Waals surface area contributed by atoms with Crippen LogP contribution in [0.4, 0.5) is 0 Å². The summed E-state index contributed by atoms with van der Waals surface area (Å²) >= 11 is 0. The third-order valence-corrected chi connectivity index (χ3v) is 0.175.